The van der Waals surface area contributed by atoms with E-state index in [1.54, 1.807) is 12.0 Å². The van der Waals surface area contributed by atoms with E-state index in [-0.39, 0.29) is 24.5 Å². The molecule has 3 rings (SSSR count). The number of thioether (sulfide) groups is 1. The highest BCUT2D eigenvalue weighted by Gasteiger charge is 2.24. The minimum atomic E-state index is -0.130. The summed E-state index contributed by atoms with van der Waals surface area (Å²) in [6.07, 6.45) is 3.88. The van der Waals surface area contributed by atoms with Crippen LogP contribution in [0.5, 0.6) is 5.75 Å². The van der Waals surface area contributed by atoms with Gasteiger partial charge in [-0.05, 0) is 31.4 Å². The molecule has 0 spiro atoms. The fraction of sp³-hybridized carbons (Fsp3) is 0.500. The number of nitrogens with zero attached hydrogens (tertiary/aromatic N) is 7. The molecule has 0 bridgehead atoms. The fourth-order valence-electron chi connectivity index (χ4n) is 3.63. The third kappa shape index (κ3) is 5.71. The zero-order valence-electron chi connectivity index (χ0n) is 18.2. The van der Waals surface area contributed by atoms with Crippen molar-refractivity contribution in [1.29, 1.82) is 10.5 Å². The Kier molecular flexibility index (Phi) is 8.76. The molecule has 9 nitrogen and oxygen atoms in total. The molecule has 2 aromatic rings. The normalized spacial score (nSPS) is 13.3. The predicted octanol–water partition coefficient (Wildman–Crippen LogP) is 3.01. The Morgan fingerprint density at radius 3 is 2.47 bits per heavy atom. The number of carbonyl (C=O) groups excluding carboxylic acids is 1. The number of carbonyl (C=O) groups is 1. The maximum Gasteiger partial charge on any atom is 0.233 e. The average molecular weight is 454 g/mol. The van der Waals surface area contributed by atoms with Crippen LogP contribution in [0.15, 0.2) is 29.4 Å². The predicted molar refractivity (Wildman–Crippen MR) is 122 cm³/mol. The summed E-state index contributed by atoms with van der Waals surface area (Å²) in [5.41, 5.74) is 0.821. The number of piperidine rings is 1. The second-order valence-corrected chi connectivity index (χ2v) is 8.27. The first-order chi connectivity index (χ1) is 15.7. The summed E-state index contributed by atoms with van der Waals surface area (Å²) in [7, 11) is 1.63. The minimum absolute atomic E-state index is 0.130. The van der Waals surface area contributed by atoms with Gasteiger partial charge in [-0.2, -0.15) is 10.5 Å². The van der Waals surface area contributed by atoms with Gasteiger partial charge in [0, 0.05) is 26.2 Å². The first-order valence-electron chi connectivity index (χ1n) is 10.7. The molecule has 0 atom stereocenters. The third-order valence-corrected chi connectivity index (χ3v) is 6.16. The second-order valence-electron chi connectivity index (χ2n) is 7.32. The summed E-state index contributed by atoms with van der Waals surface area (Å²) in [5, 5.41) is 27.2. The molecule has 1 aliphatic rings. The number of hydrogen-bond acceptors (Lipinski definition) is 8. The molecule has 1 aromatic carbocycles. The number of aromatic nitrogens is 3. The number of amides is 1. The summed E-state index contributed by atoms with van der Waals surface area (Å²) in [5.74, 6) is 1.46. The molecular weight excluding hydrogens is 426 g/mol. The lowest BCUT2D eigenvalue weighted by Gasteiger charge is -2.28. The number of methoxy groups -OCH3 is 1. The van der Waals surface area contributed by atoms with Crippen LogP contribution in [0.1, 0.15) is 32.1 Å². The molecule has 0 unspecified atom stereocenters. The number of anilines is 1. The third-order valence-electron chi connectivity index (χ3n) is 5.25. The van der Waals surface area contributed by atoms with E-state index in [2.05, 4.69) is 27.2 Å². The summed E-state index contributed by atoms with van der Waals surface area (Å²) in [4.78, 5) is 16.6. The van der Waals surface area contributed by atoms with Crippen molar-refractivity contribution in [2.75, 3.05) is 43.9 Å². The second kappa shape index (κ2) is 12.0. The van der Waals surface area contributed by atoms with Crippen molar-refractivity contribution in [3.8, 4) is 23.6 Å². The standard InChI is InChI=1S/C22H27N7O2S/c1-31-19-10-4-3-9-18(19)29-21(28-13-5-2-6-14-28)25-26-22(29)32-17-20(30)27(15-7-11-23)16-8-12-24/h3-4,9-10H,2,5-8,13-17H2,1H3. The van der Waals surface area contributed by atoms with Gasteiger partial charge in [0.05, 0.1) is 43.5 Å². The van der Waals surface area contributed by atoms with Crippen LogP contribution in [0.2, 0.25) is 0 Å². The van der Waals surface area contributed by atoms with E-state index >= 15 is 0 Å². The lowest BCUT2D eigenvalue weighted by molar-refractivity contribution is -0.128. The maximum atomic E-state index is 12.8. The highest BCUT2D eigenvalue weighted by molar-refractivity contribution is 7.99. The number of nitriles is 2. The van der Waals surface area contributed by atoms with Crippen molar-refractivity contribution in [3.63, 3.8) is 0 Å². The van der Waals surface area contributed by atoms with Gasteiger partial charge in [0.2, 0.25) is 11.9 Å². The van der Waals surface area contributed by atoms with Crippen LogP contribution >= 0.6 is 11.8 Å². The van der Waals surface area contributed by atoms with Crippen LogP contribution < -0.4 is 9.64 Å². The number of para-hydroxylation sites is 2. The van der Waals surface area contributed by atoms with Crippen molar-refractivity contribution in [2.45, 2.75) is 37.3 Å². The van der Waals surface area contributed by atoms with Crippen LogP contribution in [-0.4, -0.2) is 64.6 Å². The zero-order valence-corrected chi connectivity index (χ0v) is 19.1. The number of benzene rings is 1. The van der Waals surface area contributed by atoms with E-state index in [4.69, 9.17) is 15.3 Å². The number of rotatable bonds is 10. The molecule has 10 heteroatoms. The molecular formula is C22H27N7O2S. The van der Waals surface area contributed by atoms with Gasteiger partial charge in [0.1, 0.15) is 5.75 Å². The monoisotopic (exact) mass is 453 g/mol. The molecule has 0 N–H and O–H groups in total. The van der Waals surface area contributed by atoms with Gasteiger partial charge in [0.15, 0.2) is 5.16 Å². The van der Waals surface area contributed by atoms with Gasteiger partial charge < -0.3 is 14.5 Å². The van der Waals surface area contributed by atoms with Gasteiger partial charge in [0.25, 0.3) is 0 Å². The molecule has 1 saturated heterocycles. The quantitative estimate of drug-likeness (QED) is 0.505. The average Bonchev–Trinajstić information content (AvgIpc) is 3.27. The van der Waals surface area contributed by atoms with Crippen LogP contribution in [0.3, 0.4) is 0 Å². The molecule has 0 aliphatic carbocycles. The van der Waals surface area contributed by atoms with Gasteiger partial charge in [-0.3, -0.25) is 9.36 Å². The van der Waals surface area contributed by atoms with Crippen LogP contribution in [0.25, 0.3) is 5.69 Å². The fourth-order valence-corrected chi connectivity index (χ4v) is 4.47. The van der Waals surface area contributed by atoms with Gasteiger partial charge in [-0.15, -0.1) is 10.2 Å². The van der Waals surface area contributed by atoms with Gasteiger partial charge >= 0.3 is 0 Å². The highest BCUT2D eigenvalue weighted by atomic mass is 32.2. The Morgan fingerprint density at radius 1 is 1.12 bits per heavy atom. The van der Waals surface area contributed by atoms with E-state index in [1.165, 1.54) is 18.2 Å². The molecule has 1 aromatic heterocycles. The molecule has 0 saturated carbocycles. The largest absolute Gasteiger partial charge is 0.495 e. The van der Waals surface area contributed by atoms with Crippen molar-refractivity contribution < 1.29 is 9.53 Å². The summed E-state index contributed by atoms with van der Waals surface area (Å²) in [6.45, 7) is 2.45. The molecule has 2 heterocycles. The molecule has 1 fully saturated rings. The summed E-state index contributed by atoms with van der Waals surface area (Å²) >= 11 is 1.30. The lowest BCUT2D eigenvalue weighted by Crippen LogP contribution is -2.34. The molecule has 0 radical (unpaired) electrons. The lowest BCUT2D eigenvalue weighted by atomic mass is 10.1. The SMILES string of the molecule is COc1ccccc1-n1c(SCC(=O)N(CCC#N)CCC#N)nnc1N1CCCCC1. The summed E-state index contributed by atoms with van der Waals surface area (Å²) in [6, 6.07) is 11.8. The van der Waals surface area contributed by atoms with E-state index in [9.17, 15) is 4.79 Å². The first-order valence-corrected chi connectivity index (χ1v) is 11.7. The Labute approximate surface area is 192 Å². The molecule has 1 aliphatic heterocycles. The highest BCUT2D eigenvalue weighted by Crippen LogP contribution is 2.32. The van der Waals surface area contributed by atoms with Crippen LogP contribution in [0.4, 0.5) is 5.95 Å². The topological polar surface area (TPSA) is 111 Å². The molecule has 1 amide bonds. The Bertz CT molecular complexity index is 971. The van der Waals surface area contributed by atoms with E-state index in [0.29, 0.717) is 24.0 Å². The summed E-state index contributed by atoms with van der Waals surface area (Å²) < 4.78 is 7.53. The zero-order chi connectivity index (χ0) is 22.8. The van der Waals surface area contributed by atoms with Gasteiger partial charge in [-0.1, -0.05) is 23.9 Å². The number of ether oxygens (including phenoxy) is 1. The molecule has 32 heavy (non-hydrogen) atoms. The van der Waals surface area contributed by atoms with E-state index in [1.807, 2.05) is 28.8 Å². The molecule has 168 valence electrons. The first kappa shape index (κ1) is 23.4. The Morgan fingerprint density at radius 2 is 1.81 bits per heavy atom. The minimum Gasteiger partial charge on any atom is -0.495 e. The van der Waals surface area contributed by atoms with Crippen LogP contribution in [-0.2, 0) is 4.79 Å². The van der Waals surface area contributed by atoms with Gasteiger partial charge in [-0.25, -0.2) is 0 Å². The van der Waals surface area contributed by atoms with E-state index < -0.39 is 0 Å². The van der Waals surface area contributed by atoms with E-state index in [0.717, 1.165) is 37.6 Å². The van der Waals surface area contributed by atoms with Crippen molar-refractivity contribution >= 4 is 23.6 Å². The van der Waals surface area contributed by atoms with Crippen molar-refractivity contribution in [3.05, 3.63) is 24.3 Å². The van der Waals surface area contributed by atoms with Crippen molar-refractivity contribution in [2.24, 2.45) is 0 Å². The maximum absolute atomic E-state index is 12.8. The smallest absolute Gasteiger partial charge is 0.233 e. The van der Waals surface area contributed by atoms with Crippen molar-refractivity contribution in [1.82, 2.24) is 19.7 Å². The Hall–Kier alpha value is -3.24. The number of hydrogen-bond donors (Lipinski definition) is 0. The Balaban J connectivity index is 1.86. The van der Waals surface area contributed by atoms with Crippen LogP contribution in [0, 0.1) is 22.7 Å².